The number of nitro benzene ring substituents is 1. The first kappa shape index (κ1) is 17.9. The van der Waals surface area contributed by atoms with E-state index in [4.69, 9.17) is 10.5 Å². The molecule has 2 rings (SSSR count). The lowest BCUT2D eigenvalue weighted by Crippen LogP contribution is -2.33. The van der Waals surface area contributed by atoms with Gasteiger partial charge in [-0.15, -0.1) is 0 Å². The molecule has 0 saturated heterocycles. The summed E-state index contributed by atoms with van der Waals surface area (Å²) in [4.78, 5) is 32.9. The molecule has 0 aliphatic rings. The molecule has 0 bridgehead atoms. The van der Waals surface area contributed by atoms with Crippen LogP contribution in [0.4, 0.5) is 5.69 Å². The molecular weight excluding hydrogens is 326 g/mol. The Morgan fingerprint density at radius 1 is 1.20 bits per heavy atom. The standard InChI is InChI=1S/C17H17N3O5/c1-11-13(3-2-4-15(11)20(23)24)10-25-14-7-5-12(6-8-14)17(22)19-9-16(18)21/h2-8H,9-10H2,1H3,(H2,18,21)(H,19,22). The van der Waals surface area contributed by atoms with E-state index in [9.17, 15) is 19.7 Å². The average molecular weight is 343 g/mol. The number of amides is 2. The highest BCUT2D eigenvalue weighted by molar-refractivity contribution is 5.96. The molecule has 8 nitrogen and oxygen atoms in total. The van der Waals surface area contributed by atoms with Crippen LogP contribution in [0.1, 0.15) is 21.5 Å². The molecule has 130 valence electrons. The quantitative estimate of drug-likeness (QED) is 0.585. The van der Waals surface area contributed by atoms with Crippen molar-refractivity contribution in [2.75, 3.05) is 6.54 Å². The first-order valence-electron chi connectivity index (χ1n) is 7.40. The van der Waals surface area contributed by atoms with Crippen LogP contribution in [0.15, 0.2) is 42.5 Å². The molecule has 0 saturated carbocycles. The molecule has 0 fully saturated rings. The fraction of sp³-hybridized carbons (Fsp3) is 0.176. The Balaban J connectivity index is 2.00. The summed E-state index contributed by atoms with van der Waals surface area (Å²) in [6, 6.07) is 11.1. The van der Waals surface area contributed by atoms with Crippen molar-refractivity contribution in [1.29, 1.82) is 0 Å². The number of hydrogen-bond donors (Lipinski definition) is 2. The molecular formula is C17H17N3O5. The van der Waals surface area contributed by atoms with Gasteiger partial charge in [0, 0.05) is 17.2 Å². The number of hydrogen-bond acceptors (Lipinski definition) is 5. The Labute approximate surface area is 143 Å². The molecule has 0 aliphatic carbocycles. The molecule has 2 aromatic rings. The number of carbonyl (C=O) groups excluding carboxylic acids is 2. The van der Waals surface area contributed by atoms with Gasteiger partial charge in [0.05, 0.1) is 11.5 Å². The van der Waals surface area contributed by atoms with E-state index < -0.39 is 16.7 Å². The minimum absolute atomic E-state index is 0.0440. The Morgan fingerprint density at radius 3 is 2.48 bits per heavy atom. The number of nitro groups is 1. The van der Waals surface area contributed by atoms with E-state index in [1.54, 1.807) is 43.3 Å². The lowest BCUT2D eigenvalue weighted by Gasteiger charge is -2.09. The predicted octanol–water partition coefficient (Wildman–Crippen LogP) is 1.70. The number of benzene rings is 2. The van der Waals surface area contributed by atoms with Crippen molar-refractivity contribution >= 4 is 17.5 Å². The van der Waals surface area contributed by atoms with Crippen LogP contribution in [-0.4, -0.2) is 23.3 Å². The van der Waals surface area contributed by atoms with Crippen molar-refractivity contribution in [3.05, 3.63) is 69.3 Å². The Bertz CT molecular complexity index is 802. The highest BCUT2D eigenvalue weighted by Crippen LogP contribution is 2.22. The van der Waals surface area contributed by atoms with Crippen molar-refractivity contribution in [3.63, 3.8) is 0 Å². The summed E-state index contributed by atoms with van der Waals surface area (Å²) in [6.07, 6.45) is 0. The molecule has 3 N–H and O–H groups in total. The van der Waals surface area contributed by atoms with Crippen LogP contribution in [0.3, 0.4) is 0 Å². The second-order valence-electron chi connectivity index (χ2n) is 5.28. The van der Waals surface area contributed by atoms with E-state index in [1.165, 1.54) is 6.07 Å². The number of primary amides is 1. The van der Waals surface area contributed by atoms with Crippen molar-refractivity contribution < 1.29 is 19.2 Å². The van der Waals surface area contributed by atoms with Crippen LogP contribution >= 0.6 is 0 Å². The number of ether oxygens (including phenoxy) is 1. The lowest BCUT2D eigenvalue weighted by molar-refractivity contribution is -0.385. The van der Waals surface area contributed by atoms with Crippen molar-refractivity contribution in [3.8, 4) is 5.75 Å². The first-order chi connectivity index (χ1) is 11.9. The summed E-state index contributed by atoms with van der Waals surface area (Å²) in [7, 11) is 0. The summed E-state index contributed by atoms with van der Waals surface area (Å²) >= 11 is 0. The number of nitrogens with two attached hydrogens (primary N) is 1. The smallest absolute Gasteiger partial charge is 0.272 e. The van der Waals surface area contributed by atoms with Gasteiger partial charge < -0.3 is 15.8 Å². The van der Waals surface area contributed by atoms with Gasteiger partial charge in [0.25, 0.3) is 11.6 Å². The summed E-state index contributed by atoms with van der Waals surface area (Å²) in [6.45, 7) is 1.60. The predicted molar refractivity (Wildman–Crippen MR) is 90.1 cm³/mol. The fourth-order valence-corrected chi connectivity index (χ4v) is 2.16. The lowest BCUT2D eigenvalue weighted by atomic mass is 10.1. The number of nitrogens with zero attached hydrogens (tertiary/aromatic N) is 1. The summed E-state index contributed by atoms with van der Waals surface area (Å²) < 4.78 is 5.61. The van der Waals surface area contributed by atoms with Gasteiger partial charge in [-0.25, -0.2) is 0 Å². The number of nitrogens with one attached hydrogen (secondary N) is 1. The van der Waals surface area contributed by atoms with Crippen molar-refractivity contribution in [2.45, 2.75) is 13.5 Å². The second-order valence-corrected chi connectivity index (χ2v) is 5.28. The molecule has 8 heteroatoms. The van der Waals surface area contributed by atoms with E-state index in [0.717, 1.165) is 0 Å². The van der Waals surface area contributed by atoms with Gasteiger partial charge in [-0.05, 0) is 36.8 Å². The van der Waals surface area contributed by atoms with Crippen molar-refractivity contribution in [2.24, 2.45) is 5.73 Å². The maximum Gasteiger partial charge on any atom is 0.272 e. The molecule has 2 aromatic carbocycles. The Hall–Kier alpha value is -3.42. The summed E-state index contributed by atoms with van der Waals surface area (Å²) in [5.41, 5.74) is 6.63. The van der Waals surface area contributed by atoms with Crippen LogP contribution in [-0.2, 0) is 11.4 Å². The van der Waals surface area contributed by atoms with Crippen LogP contribution in [0.25, 0.3) is 0 Å². The third kappa shape index (κ3) is 4.77. The number of carbonyl (C=O) groups is 2. The zero-order valence-corrected chi connectivity index (χ0v) is 13.5. The van der Waals surface area contributed by atoms with E-state index in [-0.39, 0.29) is 18.8 Å². The van der Waals surface area contributed by atoms with E-state index in [2.05, 4.69) is 5.32 Å². The third-order valence-electron chi connectivity index (χ3n) is 3.55. The van der Waals surface area contributed by atoms with Crippen molar-refractivity contribution in [1.82, 2.24) is 5.32 Å². The van der Waals surface area contributed by atoms with E-state index in [1.807, 2.05) is 0 Å². The van der Waals surface area contributed by atoms with Gasteiger partial charge >= 0.3 is 0 Å². The average Bonchev–Trinajstić information content (AvgIpc) is 2.59. The molecule has 0 heterocycles. The normalized spacial score (nSPS) is 10.1. The SMILES string of the molecule is Cc1c(COc2ccc(C(=O)NCC(N)=O)cc2)cccc1[N+](=O)[O-]. The number of rotatable bonds is 7. The third-order valence-corrected chi connectivity index (χ3v) is 3.55. The first-order valence-corrected chi connectivity index (χ1v) is 7.40. The van der Waals surface area contributed by atoms with Gasteiger partial charge in [-0.1, -0.05) is 12.1 Å². The Morgan fingerprint density at radius 2 is 1.88 bits per heavy atom. The second kappa shape index (κ2) is 7.91. The zero-order valence-electron chi connectivity index (χ0n) is 13.5. The zero-order chi connectivity index (χ0) is 18.4. The molecule has 0 aromatic heterocycles. The minimum atomic E-state index is -0.624. The van der Waals surface area contributed by atoms with Gasteiger partial charge in [0.15, 0.2) is 0 Å². The molecule has 0 unspecified atom stereocenters. The van der Waals surface area contributed by atoms with Gasteiger partial charge in [-0.3, -0.25) is 19.7 Å². The van der Waals surface area contributed by atoms with Gasteiger partial charge in [0.2, 0.25) is 5.91 Å². The maximum absolute atomic E-state index is 11.8. The maximum atomic E-state index is 11.8. The van der Waals surface area contributed by atoms with Crippen LogP contribution in [0, 0.1) is 17.0 Å². The highest BCUT2D eigenvalue weighted by atomic mass is 16.6. The molecule has 0 radical (unpaired) electrons. The Kier molecular flexibility index (Phi) is 5.67. The topological polar surface area (TPSA) is 125 Å². The van der Waals surface area contributed by atoms with E-state index >= 15 is 0 Å². The van der Waals surface area contributed by atoms with Crippen LogP contribution in [0.2, 0.25) is 0 Å². The molecule has 0 spiro atoms. The largest absolute Gasteiger partial charge is 0.489 e. The van der Waals surface area contributed by atoms with Crippen LogP contribution < -0.4 is 15.8 Å². The summed E-state index contributed by atoms with van der Waals surface area (Å²) in [5, 5.41) is 13.3. The minimum Gasteiger partial charge on any atom is -0.489 e. The van der Waals surface area contributed by atoms with Gasteiger partial charge in [0.1, 0.15) is 12.4 Å². The monoisotopic (exact) mass is 343 g/mol. The molecule has 25 heavy (non-hydrogen) atoms. The molecule has 0 aliphatic heterocycles. The molecule has 0 atom stereocenters. The molecule has 2 amide bonds. The highest BCUT2D eigenvalue weighted by Gasteiger charge is 2.13. The fourth-order valence-electron chi connectivity index (χ4n) is 2.16. The van der Waals surface area contributed by atoms with Crippen LogP contribution in [0.5, 0.6) is 5.75 Å². The van der Waals surface area contributed by atoms with E-state index in [0.29, 0.717) is 22.4 Å². The van der Waals surface area contributed by atoms with Gasteiger partial charge in [-0.2, -0.15) is 0 Å². The summed E-state index contributed by atoms with van der Waals surface area (Å²) in [5.74, 6) is -0.530.